The van der Waals surface area contributed by atoms with Gasteiger partial charge in [-0.05, 0) is 18.2 Å². The van der Waals surface area contributed by atoms with Crippen molar-refractivity contribution >= 4 is 40.6 Å². The number of aromatic nitrogens is 1. The normalized spacial score (nSPS) is 9.75. The molecular weight excluding hydrogens is 195 g/mol. The van der Waals surface area contributed by atoms with Crippen LogP contribution in [0.4, 0.5) is 5.69 Å². The van der Waals surface area contributed by atoms with Crippen LogP contribution < -0.4 is 5.73 Å². The van der Waals surface area contributed by atoms with Crippen LogP contribution in [0.3, 0.4) is 0 Å². The molecule has 0 amide bonds. The molecule has 2 aromatic rings. The molecule has 0 aliphatic rings. The quantitative estimate of drug-likeness (QED) is 0.679. The fourth-order valence-corrected chi connectivity index (χ4v) is 1.29. The average Bonchev–Trinajstić information content (AvgIpc) is 2.33. The Hall–Kier alpha value is -0.860. The largest absolute Gasteiger partial charge is 0.397 e. The number of anilines is 1. The molecule has 4 heteroatoms. The molecule has 0 saturated heterocycles. The third kappa shape index (κ3) is 1.36. The van der Waals surface area contributed by atoms with Crippen molar-refractivity contribution < 1.29 is 0 Å². The standard InChI is InChI=1S/C8H7ClN2.ClH/c9-5-1-2-8-6(3-5)7(10)4-11-8;/h1-4,11H,10H2;1H. The van der Waals surface area contributed by atoms with E-state index in [0.29, 0.717) is 5.02 Å². The molecule has 0 bridgehead atoms. The minimum Gasteiger partial charge on any atom is -0.397 e. The fourth-order valence-electron chi connectivity index (χ4n) is 1.11. The summed E-state index contributed by atoms with van der Waals surface area (Å²) in [6.45, 7) is 0. The van der Waals surface area contributed by atoms with Gasteiger partial charge in [-0.1, -0.05) is 11.6 Å². The number of H-pyrrole nitrogens is 1. The summed E-state index contributed by atoms with van der Waals surface area (Å²) in [5.74, 6) is 0. The van der Waals surface area contributed by atoms with Crippen molar-refractivity contribution in [3.63, 3.8) is 0 Å². The van der Waals surface area contributed by atoms with Gasteiger partial charge in [-0.3, -0.25) is 0 Å². The summed E-state index contributed by atoms with van der Waals surface area (Å²) in [5, 5.41) is 1.70. The van der Waals surface area contributed by atoms with Crippen LogP contribution in [0.15, 0.2) is 24.4 Å². The minimum atomic E-state index is 0. The van der Waals surface area contributed by atoms with Gasteiger partial charge in [0.05, 0.1) is 5.69 Å². The Labute approximate surface area is 81.1 Å². The van der Waals surface area contributed by atoms with Crippen LogP contribution in [0.1, 0.15) is 0 Å². The average molecular weight is 203 g/mol. The monoisotopic (exact) mass is 202 g/mol. The molecular formula is C8H8Cl2N2. The summed E-state index contributed by atoms with van der Waals surface area (Å²) in [4.78, 5) is 3.03. The van der Waals surface area contributed by atoms with Gasteiger partial charge < -0.3 is 10.7 Å². The van der Waals surface area contributed by atoms with E-state index < -0.39 is 0 Å². The topological polar surface area (TPSA) is 41.8 Å². The Kier molecular flexibility index (Phi) is 2.50. The number of nitrogen functional groups attached to an aromatic ring is 1. The van der Waals surface area contributed by atoms with E-state index in [9.17, 15) is 0 Å². The molecule has 0 atom stereocenters. The number of halogens is 2. The van der Waals surface area contributed by atoms with Crippen LogP contribution in [0, 0.1) is 0 Å². The zero-order valence-corrected chi connectivity index (χ0v) is 7.75. The van der Waals surface area contributed by atoms with Crippen molar-refractivity contribution in [3.8, 4) is 0 Å². The zero-order valence-electron chi connectivity index (χ0n) is 6.17. The Balaban J connectivity index is 0.000000720. The maximum atomic E-state index is 5.78. The van der Waals surface area contributed by atoms with E-state index in [1.807, 2.05) is 18.2 Å². The maximum Gasteiger partial charge on any atom is 0.0572 e. The van der Waals surface area contributed by atoms with E-state index in [2.05, 4.69) is 4.98 Å². The molecule has 12 heavy (non-hydrogen) atoms. The maximum absolute atomic E-state index is 5.78. The lowest BCUT2D eigenvalue weighted by molar-refractivity contribution is 1.48. The molecule has 2 rings (SSSR count). The van der Waals surface area contributed by atoms with Gasteiger partial charge in [0.25, 0.3) is 0 Å². The molecule has 64 valence electrons. The van der Waals surface area contributed by atoms with Gasteiger partial charge in [-0.2, -0.15) is 0 Å². The Bertz CT molecular complexity index is 395. The lowest BCUT2D eigenvalue weighted by atomic mass is 10.2. The molecule has 0 fully saturated rings. The second kappa shape index (κ2) is 3.25. The van der Waals surface area contributed by atoms with Crippen molar-refractivity contribution in [2.24, 2.45) is 0 Å². The molecule has 1 aromatic carbocycles. The van der Waals surface area contributed by atoms with E-state index in [1.54, 1.807) is 6.20 Å². The van der Waals surface area contributed by atoms with Crippen molar-refractivity contribution in [1.82, 2.24) is 4.98 Å². The highest BCUT2D eigenvalue weighted by Crippen LogP contribution is 2.23. The second-order valence-electron chi connectivity index (χ2n) is 2.43. The number of hydrogen-bond donors (Lipinski definition) is 2. The second-order valence-corrected chi connectivity index (χ2v) is 2.87. The van der Waals surface area contributed by atoms with E-state index in [4.69, 9.17) is 17.3 Å². The van der Waals surface area contributed by atoms with Crippen LogP contribution in [0.2, 0.25) is 5.02 Å². The molecule has 0 unspecified atom stereocenters. The SMILES string of the molecule is Cl.Nc1c[nH]c2ccc(Cl)cc12. The number of nitrogens with one attached hydrogen (secondary N) is 1. The molecule has 0 spiro atoms. The van der Waals surface area contributed by atoms with Crippen LogP contribution >= 0.6 is 24.0 Å². The lowest BCUT2D eigenvalue weighted by Gasteiger charge is -1.91. The van der Waals surface area contributed by atoms with Gasteiger partial charge in [0.15, 0.2) is 0 Å². The van der Waals surface area contributed by atoms with Gasteiger partial charge in [-0.25, -0.2) is 0 Å². The van der Waals surface area contributed by atoms with E-state index in [-0.39, 0.29) is 12.4 Å². The predicted molar refractivity (Wildman–Crippen MR) is 55.0 cm³/mol. The molecule has 0 radical (unpaired) electrons. The smallest absolute Gasteiger partial charge is 0.0572 e. The van der Waals surface area contributed by atoms with Gasteiger partial charge >= 0.3 is 0 Å². The predicted octanol–water partition coefficient (Wildman–Crippen LogP) is 2.83. The molecule has 2 nitrogen and oxygen atoms in total. The first-order chi connectivity index (χ1) is 5.27. The number of benzene rings is 1. The number of aromatic amines is 1. The Morgan fingerprint density at radius 1 is 1.33 bits per heavy atom. The molecule has 3 N–H and O–H groups in total. The molecule has 1 aromatic heterocycles. The molecule has 1 heterocycles. The third-order valence-corrected chi connectivity index (χ3v) is 1.91. The van der Waals surface area contributed by atoms with E-state index in [1.165, 1.54) is 0 Å². The highest BCUT2D eigenvalue weighted by Gasteiger charge is 1.98. The highest BCUT2D eigenvalue weighted by molar-refractivity contribution is 6.31. The van der Waals surface area contributed by atoms with Crippen LogP contribution in [0.5, 0.6) is 0 Å². The number of hydrogen-bond acceptors (Lipinski definition) is 1. The first kappa shape index (κ1) is 9.23. The third-order valence-electron chi connectivity index (χ3n) is 1.68. The summed E-state index contributed by atoms with van der Waals surface area (Å²) >= 11 is 5.78. The zero-order chi connectivity index (χ0) is 7.84. The van der Waals surface area contributed by atoms with Gasteiger partial charge in [0.2, 0.25) is 0 Å². The van der Waals surface area contributed by atoms with Crippen molar-refractivity contribution in [3.05, 3.63) is 29.4 Å². The number of nitrogens with two attached hydrogens (primary N) is 1. The van der Waals surface area contributed by atoms with Gasteiger partial charge in [-0.15, -0.1) is 12.4 Å². The number of rotatable bonds is 0. The summed E-state index contributed by atoms with van der Waals surface area (Å²) in [7, 11) is 0. The van der Waals surface area contributed by atoms with Crippen LogP contribution in [-0.4, -0.2) is 4.98 Å². The highest BCUT2D eigenvalue weighted by atomic mass is 35.5. The van der Waals surface area contributed by atoms with Crippen molar-refractivity contribution in [1.29, 1.82) is 0 Å². The minimum absolute atomic E-state index is 0. The molecule has 0 aliphatic carbocycles. The van der Waals surface area contributed by atoms with E-state index in [0.717, 1.165) is 16.6 Å². The number of fused-ring (bicyclic) bond motifs is 1. The molecule has 0 aliphatic heterocycles. The van der Waals surface area contributed by atoms with Gasteiger partial charge in [0, 0.05) is 22.1 Å². The summed E-state index contributed by atoms with van der Waals surface area (Å²) in [6.07, 6.45) is 1.76. The fraction of sp³-hybridized carbons (Fsp3) is 0. The van der Waals surface area contributed by atoms with Gasteiger partial charge in [0.1, 0.15) is 0 Å². The van der Waals surface area contributed by atoms with Crippen LogP contribution in [0.25, 0.3) is 10.9 Å². The van der Waals surface area contributed by atoms with Crippen molar-refractivity contribution in [2.75, 3.05) is 5.73 Å². The van der Waals surface area contributed by atoms with E-state index >= 15 is 0 Å². The Morgan fingerprint density at radius 3 is 2.83 bits per heavy atom. The lowest BCUT2D eigenvalue weighted by Crippen LogP contribution is -1.79. The first-order valence-electron chi connectivity index (χ1n) is 3.29. The van der Waals surface area contributed by atoms with Crippen LogP contribution in [-0.2, 0) is 0 Å². The summed E-state index contributed by atoms with van der Waals surface area (Å²) < 4.78 is 0. The summed E-state index contributed by atoms with van der Waals surface area (Å²) in [6, 6.07) is 5.59. The van der Waals surface area contributed by atoms with Crippen molar-refractivity contribution in [2.45, 2.75) is 0 Å². The first-order valence-corrected chi connectivity index (χ1v) is 3.67. The summed E-state index contributed by atoms with van der Waals surface area (Å²) in [5.41, 5.74) is 7.41. The molecule has 0 saturated carbocycles. The Morgan fingerprint density at radius 2 is 2.08 bits per heavy atom.